The summed E-state index contributed by atoms with van der Waals surface area (Å²) in [7, 11) is 1.79. The maximum absolute atomic E-state index is 13.0. The SMILES string of the molecule is CN1CCC(C(F)(F)C(=N)N)C1. The predicted molar refractivity (Wildman–Crippen MR) is 42.5 cm³/mol. The number of amidine groups is 1. The van der Waals surface area contributed by atoms with Crippen LogP contribution < -0.4 is 5.73 Å². The van der Waals surface area contributed by atoms with Crippen LogP contribution in [0.25, 0.3) is 0 Å². The second-order valence-corrected chi connectivity index (χ2v) is 3.28. The van der Waals surface area contributed by atoms with Gasteiger partial charge in [0, 0.05) is 12.5 Å². The average molecular weight is 177 g/mol. The molecule has 0 aliphatic carbocycles. The lowest BCUT2D eigenvalue weighted by Crippen LogP contribution is -2.42. The number of halogens is 2. The van der Waals surface area contributed by atoms with Gasteiger partial charge >= 0.3 is 5.92 Å². The van der Waals surface area contributed by atoms with Gasteiger partial charge in [-0.05, 0) is 20.0 Å². The van der Waals surface area contributed by atoms with Crippen molar-refractivity contribution in [2.24, 2.45) is 11.7 Å². The van der Waals surface area contributed by atoms with Gasteiger partial charge < -0.3 is 10.6 Å². The van der Waals surface area contributed by atoms with Crippen molar-refractivity contribution in [3.8, 4) is 0 Å². The van der Waals surface area contributed by atoms with Crippen molar-refractivity contribution >= 4 is 5.84 Å². The molecule has 1 atom stereocenters. The van der Waals surface area contributed by atoms with Crippen LogP contribution in [0.15, 0.2) is 0 Å². The zero-order valence-electron chi connectivity index (χ0n) is 6.98. The minimum atomic E-state index is -3.12. The molecule has 0 bridgehead atoms. The number of alkyl halides is 2. The Hall–Kier alpha value is -0.710. The molecule has 5 heteroatoms. The van der Waals surface area contributed by atoms with Gasteiger partial charge in [0.25, 0.3) is 0 Å². The van der Waals surface area contributed by atoms with Gasteiger partial charge in [-0.2, -0.15) is 8.78 Å². The van der Waals surface area contributed by atoms with Gasteiger partial charge in [-0.25, -0.2) is 0 Å². The summed E-state index contributed by atoms with van der Waals surface area (Å²) in [6, 6.07) is 0. The first kappa shape index (κ1) is 9.38. The standard InChI is InChI=1S/C7H13F2N3/c1-12-3-2-5(4-12)7(8,9)6(10)11/h5H,2-4H2,1H3,(H3,10,11). The normalized spacial score (nSPS) is 26.1. The smallest absolute Gasteiger partial charge is 0.307 e. The third kappa shape index (κ3) is 1.55. The molecule has 0 aromatic rings. The molecule has 1 aliphatic rings. The number of nitrogens with zero attached hydrogens (tertiary/aromatic N) is 1. The summed E-state index contributed by atoms with van der Waals surface area (Å²) in [6.07, 6.45) is 0.420. The molecule has 1 heterocycles. The molecule has 3 nitrogen and oxygen atoms in total. The Labute approximate surface area is 70.0 Å². The van der Waals surface area contributed by atoms with E-state index in [4.69, 9.17) is 11.1 Å². The second kappa shape index (κ2) is 2.97. The van der Waals surface area contributed by atoms with Crippen molar-refractivity contribution in [2.45, 2.75) is 12.3 Å². The molecule has 0 amide bonds. The van der Waals surface area contributed by atoms with E-state index in [9.17, 15) is 8.78 Å². The Kier molecular flexibility index (Phi) is 2.32. The Morgan fingerprint density at radius 2 is 2.25 bits per heavy atom. The molecular formula is C7H13F2N3. The molecule has 1 unspecified atom stereocenters. The van der Waals surface area contributed by atoms with Gasteiger partial charge in [-0.1, -0.05) is 0 Å². The van der Waals surface area contributed by atoms with E-state index in [1.54, 1.807) is 7.05 Å². The van der Waals surface area contributed by atoms with Crippen molar-refractivity contribution in [2.75, 3.05) is 20.1 Å². The summed E-state index contributed by atoms with van der Waals surface area (Å²) in [4.78, 5) is 1.82. The number of hydrogen-bond acceptors (Lipinski definition) is 2. The lowest BCUT2D eigenvalue weighted by atomic mass is 10.00. The number of nitrogens with one attached hydrogen (secondary N) is 1. The molecule has 1 aliphatic heterocycles. The van der Waals surface area contributed by atoms with Crippen LogP contribution in [-0.2, 0) is 0 Å². The summed E-state index contributed by atoms with van der Waals surface area (Å²) in [5.74, 6) is -4.91. The highest BCUT2D eigenvalue weighted by Gasteiger charge is 2.45. The van der Waals surface area contributed by atoms with E-state index in [-0.39, 0.29) is 0 Å². The van der Waals surface area contributed by atoms with Gasteiger partial charge in [0.15, 0.2) is 5.84 Å². The molecule has 1 rings (SSSR count). The third-order valence-corrected chi connectivity index (χ3v) is 2.26. The van der Waals surface area contributed by atoms with Crippen LogP contribution in [0.1, 0.15) is 6.42 Å². The highest BCUT2D eigenvalue weighted by atomic mass is 19.3. The molecule has 0 radical (unpaired) electrons. The Bertz CT molecular complexity index is 193. The van der Waals surface area contributed by atoms with Crippen molar-refractivity contribution in [1.82, 2.24) is 4.90 Å². The fraction of sp³-hybridized carbons (Fsp3) is 0.857. The number of likely N-dealkylation sites (tertiary alicyclic amines) is 1. The molecule has 3 N–H and O–H groups in total. The fourth-order valence-corrected chi connectivity index (χ4v) is 1.45. The van der Waals surface area contributed by atoms with Crippen molar-refractivity contribution in [3.63, 3.8) is 0 Å². The predicted octanol–water partition coefficient (Wildman–Crippen LogP) is 0.509. The maximum atomic E-state index is 13.0. The highest BCUT2D eigenvalue weighted by Crippen LogP contribution is 2.31. The van der Waals surface area contributed by atoms with Gasteiger partial charge in [-0.15, -0.1) is 0 Å². The molecule has 1 fully saturated rings. The molecule has 1 saturated heterocycles. The van der Waals surface area contributed by atoms with Crippen LogP contribution in [0.5, 0.6) is 0 Å². The van der Waals surface area contributed by atoms with E-state index in [0.29, 0.717) is 19.5 Å². The topological polar surface area (TPSA) is 53.1 Å². The number of hydrogen-bond donors (Lipinski definition) is 2. The first-order valence-electron chi connectivity index (χ1n) is 3.85. The lowest BCUT2D eigenvalue weighted by Gasteiger charge is -2.21. The van der Waals surface area contributed by atoms with Gasteiger partial charge in [-0.3, -0.25) is 5.41 Å². The largest absolute Gasteiger partial charge is 0.383 e. The molecule has 0 aromatic heterocycles. The Morgan fingerprint density at radius 3 is 2.58 bits per heavy atom. The minimum absolute atomic E-state index is 0.326. The molecule has 0 saturated carbocycles. The molecule has 70 valence electrons. The van der Waals surface area contributed by atoms with Crippen LogP contribution in [0, 0.1) is 11.3 Å². The van der Waals surface area contributed by atoms with Gasteiger partial charge in [0.05, 0.1) is 0 Å². The van der Waals surface area contributed by atoms with Gasteiger partial charge in [0.2, 0.25) is 0 Å². The van der Waals surface area contributed by atoms with Crippen molar-refractivity contribution in [1.29, 1.82) is 5.41 Å². The molecule has 12 heavy (non-hydrogen) atoms. The zero-order chi connectivity index (χ0) is 9.35. The van der Waals surface area contributed by atoms with E-state index in [0.717, 1.165) is 0 Å². The number of nitrogens with two attached hydrogens (primary N) is 1. The highest BCUT2D eigenvalue weighted by molar-refractivity contribution is 5.84. The van der Waals surface area contributed by atoms with E-state index in [1.807, 2.05) is 4.90 Å². The van der Waals surface area contributed by atoms with Gasteiger partial charge in [0.1, 0.15) is 0 Å². The Balaban J connectivity index is 2.63. The fourth-order valence-electron chi connectivity index (χ4n) is 1.45. The van der Waals surface area contributed by atoms with E-state index >= 15 is 0 Å². The van der Waals surface area contributed by atoms with E-state index < -0.39 is 17.7 Å². The van der Waals surface area contributed by atoms with E-state index in [1.165, 1.54) is 0 Å². The monoisotopic (exact) mass is 177 g/mol. The van der Waals surface area contributed by atoms with Crippen LogP contribution >= 0.6 is 0 Å². The third-order valence-electron chi connectivity index (χ3n) is 2.26. The lowest BCUT2D eigenvalue weighted by molar-refractivity contribution is 0.0151. The summed E-state index contributed by atoms with van der Waals surface area (Å²) < 4.78 is 26.1. The quantitative estimate of drug-likeness (QED) is 0.477. The Morgan fingerprint density at radius 1 is 1.67 bits per heavy atom. The summed E-state index contributed by atoms with van der Waals surface area (Å²) in [5, 5.41) is 6.74. The summed E-state index contributed by atoms with van der Waals surface area (Å²) >= 11 is 0. The zero-order valence-corrected chi connectivity index (χ0v) is 6.98. The first-order valence-corrected chi connectivity index (χ1v) is 3.85. The van der Waals surface area contributed by atoms with Crippen LogP contribution in [0.3, 0.4) is 0 Å². The van der Waals surface area contributed by atoms with Crippen molar-refractivity contribution < 1.29 is 8.78 Å². The summed E-state index contributed by atoms with van der Waals surface area (Å²) in [5.41, 5.74) is 4.81. The maximum Gasteiger partial charge on any atom is 0.307 e. The molecule has 0 spiro atoms. The minimum Gasteiger partial charge on any atom is -0.383 e. The number of rotatable bonds is 2. The second-order valence-electron chi connectivity index (χ2n) is 3.28. The first-order chi connectivity index (χ1) is 5.44. The van der Waals surface area contributed by atoms with Crippen LogP contribution in [-0.4, -0.2) is 36.8 Å². The average Bonchev–Trinajstić information content (AvgIpc) is 2.35. The van der Waals surface area contributed by atoms with Crippen LogP contribution in [0.4, 0.5) is 8.78 Å². The summed E-state index contributed by atoms with van der Waals surface area (Å²) in [6.45, 7) is 0.986. The molecule has 0 aromatic carbocycles. The van der Waals surface area contributed by atoms with Crippen molar-refractivity contribution in [3.05, 3.63) is 0 Å². The van der Waals surface area contributed by atoms with Crippen LogP contribution in [0.2, 0.25) is 0 Å². The molecular weight excluding hydrogens is 164 g/mol. The van der Waals surface area contributed by atoms with E-state index in [2.05, 4.69) is 0 Å².